The first-order chi connectivity index (χ1) is 14.5. The molecule has 1 N–H and O–H groups in total. The minimum atomic E-state index is -4.51. The number of ether oxygens (including phenoxy) is 1. The molecule has 1 aromatic carbocycles. The normalized spacial score (nSPS) is 20.9. The number of pyridine rings is 1. The lowest BCUT2D eigenvalue weighted by molar-refractivity contribution is -0.137. The molecule has 0 saturated carbocycles. The van der Waals surface area contributed by atoms with E-state index in [0.29, 0.717) is 6.20 Å². The molecule has 1 amide bonds. The molecular formula is C21H22F5N3O2. The van der Waals surface area contributed by atoms with E-state index < -0.39 is 48.7 Å². The number of hydrogen-bond donors (Lipinski definition) is 1. The van der Waals surface area contributed by atoms with Gasteiger partial charge in [-0.25, -0.2) is 18.6 Å². The quantitative estimate of drug-likeness (QED) is 0.646. The predicted molar refractivity (Wildman–Crippen MR) is 104 cm³/mol. The highest BCUT2D eigenvalue weighted by molar-refractivity contribution is 5.68. The van der Waals surface area contributed by atoms with Crippen LogP contribution in [0.5, 0.6) is 0 Å². The molecule has 2 aromatic rings. The average Bonchev–Trinajstić information content (AvgIpc) is 2.71. The fraction of sp³-hybridized carbons (Fsp3) is 0.429. The van der Waals surface area contributed by atoms with Crippen LogP contribution in [0, 0.1) is 5.92 Å². The van der Waals surface area contributed by atoms with Gasteiger partial charge in [0.1, 0.15) is 12.4 Å². The van der Waals surface area contributed by atoms with Crippen molar-refractivity contribution in [2.24, 2.45) is 5.92 Å². The highest BCUT2D eigenvalue weighted by Crippen LogP contribution is 2.35. The van der Waals surface area contributed by atoms with E-state index in [2.05, 4.69) is 10.3 Å². The van der Waals surface area contributed by atoms with E-state index in [1.165, 1.54) is 0 Å². The Balaban J connectivity index is 1.67. The molecule has 10 heteroatoms. The molecule has 168 valence electrons. The summed E-state index contributed by atoms with van der Waals surface area (Å²) in [7, 11) is 0. The van der Waals surface area contributed by atoms with Gasteiger partial charge in [-0.2, -0.15) is 13.2 Å². The van der Waals surface area contributed by atoms with Crippen molar-refractivity contribution in [1.29, 1.82) is 0 Å². The fourth-order valence-corrected chi connectivity index (χ4v) is 3.53. The number of nitrogens with zero attached hydrogens (tertiary/aromatic N) is 2. The second-order valence-electron chi connectivity index (χ2n) is 7.58. The number of carbonyl (C=O) groups is 1. The number of amides is 1. The number of piperidine rings is 1. The molecule has 0 spiro atoms. The van der Waals surface area contributed by atoms with E-state index >= 15 is 0 Å². The summed E-state index contributed by atoms with van der Waals surface area (Å²) in [6, 6.07) is 10.2. The van der Waals surface area contributed by atoms with Gasteiger partial charge in [-0.1, -0.05) is 37.3 Å². The van der Waals surface area contributed by atoms with Gasteiger partial charge in [-0.05, 0) is 23.6 Å². The summed E-state index contributed by atoms with van der Waals surface area (Å²) in [6.07, 6.45) is -5.11. The number of likely N-dealkylation sites (tertiary alicyclic amines) is 1. The van der Waals surface area contributed by atoms with Gasteiger partial charge in [-0.3, -0.25) is 4.90 Å². The predicted octanol–water partition coefficient (Wildman–Crippen LogP) is 5.19. The number of anilines is 1. The van der Waals surface area contributed by atoms with E-state index in [-0.39, 0.29) is 19.0 Å². The van der Waals surface area contributed by atoms with Crippen LogP contribution < -0.4 is 5.32 Å². The van der Waals surface area contributed by atoms with Gasteiger partial charge in [0.15, 0.2) is 0 Å². The van der Waals surface area contributed by atoms with Crippen molar-refractivity contribution in [2.45, 2.75) is 38.1 Å². The average molecular weight is 443 g/mol. The number of aromatic nitrogens is 1. The Labute approximate surface area is 176 Å². The summed E-state index contributed by atoms with van der Waals surface area (Å²) >= 11 is 0. The Morgan fingerprint density at radius 1 is 1.23 bits per heavy atom. The third-order valence-corrected chi connectivity index (χ3v) is 5.10. The lowest BCUT2D eigenvalue weighted by Gasteiger charge is -2.42. The zero-order chi connectivity index (χ0) is 22.6. The molecule has 0 aliphatic carbocycles. The van der Waals surface area contributed by atoms with Crippen molar-refractivity contribution >= 4 is 11.9 Å². The lowest BCUT2D eigenvalue weighted by atomic mass is 9.88. The molecule has 31 heavy (non-hydrogen) atoms. The standard InChI is InChI=1S/C21H22F5N3O2/c1-14-9-20(22,23)13-29(19(30)31-12-15-5-3-2-4-6-15)17(14)11-28-18-8-7-16(10-27-18)21(24,25)26/h2-8,10,14,17H,9,11-13H2,1H3,(H,27,28)/t14-,17?/m1/s1. The molecular weight excluding hydrogens is 421 g/mol. The van der Waals surface area contributed by atoms with E-state index in [4.69, 9.17) is 4.74 Å². The number of nitrogens with one attached hydrogen (secondary N) is 1. The Morgan fingerprint density at radius 3 is 2.55 bits per heavy atom. The van der Waals surface area contributed by atoms with Gasteiger partial charge in [-0.15, -0.1) is 0 Å². The second kappa shape index (κ2) is 9.07. The summed E-state index contributed by atoms with van der Waals surface area (Å²) in [5.74, 6) is -3.49. The third kappa shape index (κ3) is 6.05. The maximum absolute atomic E-state index is 14.1. The molecule has 0 radical (unpaired) electrons. The van der Waals surface area contributed by atoms with Crippen LogP contribution in [0.15, 0.2) is 48.7 Å². The molecule has 1 saturated heterocycles. The van der Waals surface area contributed by atoms with Crippen molar-refractivity contribution in [3.8, 4) is 0 Å². The van der Waals surface area contributed by atoms with Crippen LogP contribution in [0.3, 0.4) is 0 Å². The SMILES string of the molecule is C[C@@H]1CC(F)(F)CN(C(=O)OCc2ccccc2)C1CNc1ccc(C(F)(F)F)cn1. The number of carbonyl (C=O) groups excluding carboxylic acids is 1. The third-order valence-electron chi connectivity index (χ3n) is 5.10. The smallest absolute Gasteiger partial charge is 0.417 e. The Morgan fingerprint density at radius 2 is 1.94 bits per heavy atom. The summed E-state index contributed by atoms with van der Waals surface area (Å²) in [5, 5.41) is 2.84. The molecule has 2 heterocycles. The minimum Gasteiger partial charge on any atom is -0.445 e. The number of hydrogen-bond acceptors (Lipinski definition) is 4. The maximum Gasteiger partial charge on any atom is 0.417 e. The molecule has 1 aliphatic heterocycles. The van der Waals surface area contributed by atoms with Crippen LogP contribution in [0.4, 0.5) is 32.6 Å². The van der Waals surface area contributed by atoms with Crippen LogP contribution in [-0.4, -0.2) is 41.0 Å². The van der Waals surface area contributed by atoms with E-state index in [9.17, 15) is 26.7 Å². The van der Waals surface area contributed by atoms with Gasteiger partial charge in [0, 0.05) is 19.2 Å². The largest absolute Gasteiger partial charge is 0.445 e. The second-order valence-corrected chi connectivity index (χ2v) is 7.58. The highest BCUT2D eigenvalue weighted by atomic mass is 19.4. The van der Waals surface area contributed by atoms with E-state index in [1.807, 2.05) is 0 Å². The van der Waals surface area contributed by atoms with Crippen LogP contribution >= 0.6 is 0 Å². The first-order valence-corrected chi connectivity index (χ1v) is 9.67. The summed E-state index contributed by atoms with van der Waals surface area (Å²) in [6.45, 7) is 0.779. The molecule has 2 atom stereocenters. The van der Waals surface area contributed by atoms with Crippen molar-refractivity contribution in [3.63, 3.8) is 0 Å². The van der Waals surface area contributed by atoms with Crippen LogP contribution in [-0.2, 0) is 17.5 Å². The molecule has 0 bridgehead atoms. The number of halogens is 5. The van der Waals surface area contributed by atoms with Crippen molar-refractivity contribution < 1.29 is 31.5 Å². The number of rotatable bonds is 5. The maximum atomic E-state index is 14.1. The molecule has 1 fully saturated rings. The van der Waals surface area contributed by atoms with Gasteiger partial charge in [0.25, 0.3) is 5.92 Å². The zero-order valence-electron chi connectivity index (χ0n) is 16.7. The molecule has 1 unspecified atom stereocenters. The first kappa shape index (κ1) is 22.8. The number of alkyl halides is 5. The topological polar surface area (TPSA) is 54.5 Å². The Bertz CT molecular complexity index is 875. The fourth-order valence-electron chi connectivity index (χ4n) is 3.53. The van der Waals surface area contributed by atoms with Gasteiger partial charge >= 0.3 is 12.3 Å². The Kier molecular flexibility index (Phi) is 6.66. The van der Waals surface area contributed by atoms with Gasteiger partial charge in [0.2, 0.25) is 0 Å². The zero-order valence-corrected chi connectivity index (χ0v) is 16.7. The van der Waals surface area contributed by atoms with E-state index in [1.54, 1.807) is 37.3 Å². The van der Waals surface area contributed by atoms with Crippen LogP contribution in [0.1, 0.15) is 24.5 Å². The molecule has 1 aliphatic rings. The lowest BCUT2D eigenvalue weighted by Crippen LogP contribution is -2.57. The molecule has 3 rings (SSSR count). The monoisotopic (exact) mass is 443 g/mol. The van der Waals surface area contributed by atoms with Crippen LogP contribution in [0.2, 0.25) is 0 Å². The summed E-state index contributed by atoms with van der Waals surface area (Å²) < 4.78 is 71.5. The molecule has 5 nitrogen and oxygen atoms in total. The van der Waals surface area contributed by atoms with E-state index in [0.717, 1.165) is 22.6 Å². The first-order valence-electron chi connectivity index (χ1n) is 9.67. The summed E-state index contributed by atoms with van der Waals surface area (Å²) in [4.78, 5) is 17.3. The van der Waals surface area contributed by atoms with Crippen molar-refractivity contribution in [3.05, 3.63) is 59.8 Å². The van der Waals surface area contributed by atoms with Gasteiger partial charge in [0.05, 0.1) is 18.2 Å². The minimum absolute atomic E-state index is 0.0377. The number of benzene rings is 1. The summed E-state index contributed by atoms with van der Waals surface area (Å²) in [5.41, 5.74) is -0.175. The highest BCUT2D eigenvalue weighted by Gasteiger charge is 2.46. The van der Waals surface area contributed by atoms with Crippen LogP contribution in [0.25, 0.3) is 0 Å². The Hall–Kier alpha value is -2.91. The molecule has 1 aromatic heterocycles. The van der Waals surface area contributed by atoms with Gasteiger partial charge < -0.3 is 10.1 Å². The van der Waals surface area contributed by atoms with Crippen molar-refractivity contribution in [2.75, 3.05) is 18.4 Å². The van der Waals surface area contributed by atoms with Crippen molar-refractivity contribution in [1.82, 2.24) is 9.88 Å².